The molecule has 0 radical (unpaired) electrons. The number of hydrogen-bond donors (Lipinski definition) is 1. The SMILES string of the molecule is CC(C)C(=O)N1CCN(c2ccc(NC(=O)c3cccc(OCc4ccccc4)c3)cc2)CC1. The molecule has 0 atom stereocenters. The molecule has 1 fully saturated rings. The number of piperazine rings is 1. The van der Waals surface area contributed by atoms with E-state index in [0.29, 0.717) is 17.9 Å². The van der Waals surface area contributed by atoms with Gasteiger partial charge >= 0.3 is 0 Å². The van der Waals surface area contributed by atoms with Gasteiger partial charge in [-0.1, -0.05) is 50.2 Å². The zero-order valence-corrected chi connectivity index (χ0v) is 19.7. The van der Waals surface area contributed by atoms with Crippen LogP contribution in [0.3, 0.4) is 0 Å². The lowest BCUT2D eigenvalue weighted by Crippen LogP contribution is -2.49. The minimum atomic E-state index is -0.182. The van der Waals surface area contributed by atoms with Gasteiger partial charge in [0.25, 0.3) is 5.91 Å². The Morgan fingerprint density at radius 1 is 0.882 bits per heavy atom. The summed E-state index contributed by atoms with van der Waals surface area (Å²) in [6.45, 7) is 7.41. The second-order valence-corrected chi connectivity index (χ2v) is 8.77. The number of amides is 2. The Morgan fingerprint density at radius 3 is 2.26 bits per heavy atom. The van der Waals surface area contributed by atoms with Gasteiger partial charge in [0.15, 0.2) is 0 Å². The van der Waals surface area contributed by atoms with E-state index in [-0.39, 0.29) is 17.7 Å². The number of carbonyl (C=O) groups is 2. The molecule has 3 aromatic rings. The van der Waals surface area contributed by atoms with Crippen LogP contribution in [0.2, 0.25) is 0 Å². The summed E-state index contributed by atoms with van der Waals surface area (Å²) in [6, 6.07) is 25.0. The quantitative estimate of drug-likeness (QED) is 0.552. The molecule has 0 spiro atoms. The molecule has 34 heavy (non-hydrogen) atoms. The Hall–Kier alpha value is -3.80. The number of ether oxygens (including phenoxy) is 1. The number of nitrogens with zero attached hydrogens (tertiary/aromatic N) is 2. The van der Waals surface area contributed by atoms with Gasteiger partial charge in [-0.25, -0.2) is 0 Å². The van der Waals surface area contributed by atoms with Crippen LogP contribution in [0.4, 0.5) is 11.4 Å². The van der Waals surface area contributed by atoms with E-state index in [2.05, 4.69) is 10.2 Å². The highest BCUT2D eigenvalue weighted by molar-refractivity contribution is 6.04. The van der Waals surface area contributed by atoms with Gasteiger partial charge in [0.2, 0.25) is 5.91 Å². The van der Waals surface area contributed by atoms with Crippen LogP contribution >= 0.6 is 0 Å². The third-order valence-electron chi connectivity index (χ3n) is 5.92. The van der Waals surface area contributed by atoms with Gasteiger partial charge < -0.3 is 19.9 Å². The van der Waals surface area contributed by atoms with Crippen molar-refractivity contribution >= 4 is 23.2 Å². The summed E-state index contributed by atoms with van der Waals surface area (Å²) in [5.74, 6) is 0.721. The molecular formula is C28H31N3O3. The van der Waals surface area contributed by atoms with Crippen LogP contribution in [0.5, 0.6) is 5.75 Å². The fourth-order valence-corrected chi connectivity index (χ4v) is 3.98. The number of nitrogens with one attached hydrogen (secondary N) is 1. The highest BCUT2D eigenvalue weighted by Gasteiger charge is 2.23. The first-order chi connectivity index (χ1) is 16.5. The molecule has 1 heterocycles. The van der Waals surface area contributed by atoms with Gasteiger partial charge in [-0.05, 0) is 48.0 Å². The zero-order valence-electron chi connectivity index (χ0n) is 19.7. The van der Waals surface area contributed by atoms with E-state index in [1.807, 2.05) is 85.5 Å². The number of rotatable bonds is 7. The molecule has 3 aromatic carbocycles. The summed E-state index contributed by atoms with van der Waals surface area (Å²) in [6.07, 6.45) is 0. The van der Waals surface area contributed by atoms with Gasteiger partial charge in [0.1, 0.15) is 12.4 Å². The Balaban J connectivity index is 1.31. The minimum Gasteiger partial charge on any atom is -0.489 e. The molecule has 1 aliphatic heterocycles. The molecule has 1 aliphatic rings. The van der Waals surface area contributed by atoms with E-state index >= 15 is 0 Å². The molecule has 0 saturated carbocycles. The lowest BCUT2D eigenvalue weighted by molar-refractivity contribution is -0.134. The Morgan fingerprint density at radius 2 is 1.59 bits per heavy atom. The van der Waals surface area contributed by atoms with Gasteiger partial charge in [-0.2, -0.15) is 0 Å². The summed E-state index contributed by atoms with van der Waals surface area (Å²) >= 11 is 0. The second kappa shape index (κ2) is 10.9. The van der Waals surface area contributed by atoms with Crippen LogP contribution < -0.4 is 15.0 Å². The first kappa shape index (κ1) is 23.4. The monoisotopic (exact) mass is 457 g/mol. The van der Waals surface area contributed by atoms with Crippen molar-refractivity contribution in [3.05, 3.63) is 90.0 Å². The summed E-state index contributed by atoms with van der Waals surface area (Å²) in [4.78, 5) is 29.2. The van der Waals surface area contributed by atoms with Gasteiger partial charge in [-0.3, -0.25) is 9.59 Å². The van der Waals surface area contributed by atoms with Crippen LogP contribution in [-0.2, 0) is 11.4 Å². The van der Waals surface area contributed by atoms with Crippen molar-refractivity contribution in [3.63, 3.8) is 0 Å². The van der Waals surface area contributed by atoms with Crippen LogP contribution in [0, 0.1) is 5.92 Å². The average molecular weight is 458 g/mol. The fraction of sp³-hybridized carbons (Fsp3) is 0.286. The molecule has 0 unspecified atom stereocenters. The fourth-order valence-electron chi connectivity index (χ4n) is 3.98. The summed E-state index contributed by atoms with van der Waals surface area (Å²) in [5, 5.41) is 2.96. The number of hydrogen-bond acceptors (Lipinski definition) is 4. The lowest BCUT2D eigenvalue weighted by Gasteiger charge is -2.37. The molecule has 1 saturated heterocycles. The van der Waals surface area contributed by atoms with E-state index < -0.39 is 0 Å². The standard InChI is InChI=1S/C28H31N3O3/c1-21(2)28(33)31-17-15-30(16-18-31)25-13-11-24(12-14-25)29-27(32)23-9-6-10-26(19-23)34-20-22-7-4-3-5-8-22/h3-14,19,21H,15-18,20H2,1-2H3,(H,29,32). The summed E-state index contributed by atoms with van der Waals surface area (Å²) in [5.41, 5.74) is 3.44. The zero-order chi connectivity index (χ0) is 23.9. The predicted molar refractivity (Wildman–Crippen MR) is 135 cm³/mol. The van der Waals surface area contributed by atoms with Crippen molar-refractivity contribution in [1.82, 2.24) is 4.90 Å². The topological polar surface area (TPSA) is 61.9 Å². The maximum Gasteiger partial charge on any atom is 0.255 e. The normalized spacial score (nSPS) is 13.6. The average Bonchev–Trinajstić information content (AvgIpc) is 2.88. The number of carbonyl (C=O) groups excluding carboxylic acids is 2. The van der Waals surface area contributed by atoms with Crippen molar-refractivity contribution in [3.8, 4) is 5.75 Å². The van der Waals surface area contributed by atoms with E-state index in [4.69, 9.17) is 4.74 Å². The van der Waals surface area contributed by atoms with Gasteiger partial charge in [0.05, 0.1) is 0 Å². The molecule has 0 aliphatic carbocycles. The molecular weight excluding hydrogens is 426 g/mol. The predicted octanol–water partition coefficient (Wildman–Crippen LogP) is 4.82. The first-order valence-corrected chi connectivity index (χ1v) is 11.7. The van der Waals surface area contributed by atoms with E-state index in [1.165, 1.54) is 0 Å². The van der Waals surface area contributed by atoms with Crippen molar-refractivity contribution < 1.29 is 14.3 Å². The molecule has 0 bridgehead atoms. The molecule has 6 nitrogen and oxygen atoms in total. The van der Waals surface area contributed by atoms with Crippen molar-refractivity contribution in [1.29, 1.82) is 0 Å². The summed E-state index contributed by atoms with van der Waals surface area (Å²) < 4.78 is 5.84. The molecule has 6 heteroatoms. The Bertz CT molecular complexity index is 1110. The number of anilines is 2. The Kier molecular flexibility index (Phi) is 7.48. The van der Waals surface area contributed by atoms with E-state index in [9.17, 15) is 9.59 Å². The van der Waals surface area contributed by atoms with Crippen LogP contribution in [0.15, 0.2) is 78.9 Å². The maximum absolute atomic E-state index is 12.8. The van der Waals surface area contributed by atoms with Crippen molar-refractivity contribution in [2.24, 2.45) is 5.92 Å². The van der Waals surface area contributed by atoms with Crippen LogP contribution in [-0.4, -0.2) is 42.9 Å². The first-order valence-electron chi connectivity index (χ1n) is 11.7. The maximum atomic E-state index is 12.8. The highest BCUT2D eigenvalue weighted by Crippen LogP contribution is 2.21. The minimum absolute atomic E-state index is 0.0329. The molecule has 176 valence electrons. The highest BCUT2D eigenvalue weighted by atomic mass is 16.5. The largest absolute Gasteiger partial charge is 0.489 e. The molecule has 1 N–H and O–H groups in total. The van der Waals surface area contributed by atoms with Crippen LogP contribution in [0.1, 0.15) is 29.8 Å². The smallest absolute Gasteiger partial charge is 0.255 e. The van der Waals surface area contributed by atoms with Gasteiger partial charge in [0, 0.05) is 49.0 Å². The third kappa shape index (κ3) is 5.95. The molecule has 4 rings (SSSR count). The van der Waals surface area contributed by atoms with Crippen molar-refractivity contribution in [2.75, 3.05) is 36.4 Å². The lowest BCUT2D eigenvalue weighted by atomic mass is 10.1. The number of benzene rings is 3. The molecule has 0 aromatic heterocycles. The van der Waals surface area contributed by atoms with Crippen molar-refractivity contribution in [2.45, 2.75) is 20.5 Å². The summed E-state index contributed by atoms with van der Waals surface area (Å²) in [7, 11) is 0. The van der Waals surface area contributed by atoms with Gasteiger partial charge in [-0.15, -0.1) is 0 Å². The van der Waals surface area contributed by atoms with E-state index in [1.54, 1.807) is 12.1 Å². The van der Waals surface area contributed by atoms with Crippen LogP contribution in [0.25, 0.3) is 0 Å². The Labute approximate surface area is 201 Å². The second-order valence-electron chi connectivity index (χ2n) is 8.77. The molecule has 2 amide bonds. The van der Waals surface area contributed by atoms with E-state index in [0.717, 1.165) is 43.1 Å². The third-order valence-corrected chi connectivity index (χ3v) is 5.92.